The van der Waals surface area contributed by atoms with Gasteiger partial charge in [-0.05, 0) is 22.3 Å². The van der Waals surface area contributed by atoms with Crippen molar-refractivity contribution in [2.75, 3.05) is 13.1 Å². The summed E-state index contributed by atoms with van der Waals surface area (Å²) < 4.78 is 0. The van der Waals surface area contributed by atoms with Crippen LogP contribution in [-0.2, 0) is 0 Å². The van der Waals surface area contributed by atoms with Gasteiger partial charge in [0, 0.05) is 12.4 Å². The van der Waals surface area contributed by atoms with Gasteiger partial charge in [-0.15, -0.1) is 0 Å². The minimum absolute atomic E-state index is 0.324. The molecule has 3 aromatic carbocycles. The molecule has 0 bridgehead atoms. The number of rotatable bonds is 8. The fraction of sp³-hybridized carbons (Fsp3) is 0.167. The number of aliphatic hydroxyl groups is 2. The van der Waals surface area contributed by atoms with E-state index in [1.165, 1.54) is 0 Å². The fourth-order valence-electron chi connectivity index (χ4n) is 2.75. The van der Waals surface area contributed by atoms with Gasteiger partial charge in [0.2, 0.25) is 0 Å². The Hall–Kier alpha value is -3.08. The Morgan fingerprint density at radius 3 is 1.29 bits per heavy atom. The maximum absolute atomic E-state index is 10.1. The van der Waals surface area contributed by atoms with Crippen LogP contribution in [0.2, 0.25) is 0 Å². The summed E-state index contributed by atoms with van der Waals surface area (Å²) in [6.45, 7) is 0.648. The van der Waals surface area contributed by atoms with Crippen LogP contribution in [0.5, 0.6) is 0 Å². The van der Waals surface area contributed by atoms with Gasteiger partial charge in [0.1, 0.15) is 0 Å². The highest BCUT2D eigenvalue weighted by atomic mass is 16.3. The molecule has 3 rings (SSSR count). The van der Waals surface area contributed by atoms with Crippen LogP contribution in [-0.4, -0.2) is 35.7 Å². The van der Waals surface area contributed by atoms with Gasteiger partial charge in [0.25, 0.3) is 0 Å². The van der Waals surface area contributed by atoms with E-state index in [2.05, 4.69) is 9.98 Å². The Morgan fingerprint density at radius 2 is 0.929 bits per heavy atom. The Kier molecular flexibility index (Phi) is 7.24. The Balaban J connectivity index is 1.49. The number of benzene rings is 3. The molecule has 2 N–H and O–H groups in total. The van der Waals surface area contributed by atoms with E-state index < -0.39 is 12.2 Å². The SMILES string of the molecule is O[C@H](CN=Cc1ccc(C=NC[C@@H](O)c2ccccc2)cc1)c1ccccc1. The number of nitrogens with zero attached hydrogens (tertiary/aromatic N) is 2. The summed E-state index contributed by atoms with van der Waals surface area (Å²) in [6, 6.07) is 26.8. The molecular weight excluding hydrogens is 348 g/mol. The lowest BCUT2D eigenvalue weighted by atomic mass is 10.1. The van der Waals surface area contributed by atoms with Crippen LogP contribution < -0.4 is 0 Å². The fourth-order valence-corrected chi connectivity index (χ4v) is 2.75. The molecule has 0 saturated carbocycles. The molecule has 0 aliphatic heterocycles. The van der Waals surface area contributed by atoms with Crippen molar-refractivity contribution in [1.29, 1.82) is 0 Å². The van der Waals surface area contributed by atoms with Crippen LogP contribution in [0, 0.1) is 0 Å². The molecule has 2 atom stereocenters. The lowest BCUT2D eigenvalue weighted by Gasteiger charge is -2.07. The third kappa shape index (κ3) is 5.98. The van der Waals surface area contributed by atoms with E-state index in [9.17, 15) is 10.2 Å². The van der Waals surface area contributed by atoms with E-state index >= 15 is 0 Å². The third-order valence-electron chi connectivity index (χ3n) is 4.34. The van der Waals surface area contributed by atoms with Gasteiger partial charge in [0.05, 0.1) is 25.3 Å². The monoisotopic (exact) mass is 372 g/mol. The first-order valence-corrected chi connectivity index (χ1v) is 9.28. The van der Waals surface area contributed by atoms with E-state index in [1.807, 2.05) is 84.9 Å². The predicted octanol–water partition coefficient (Wildman–Crippen LogP) is 3.99. The average molecular weight is 372 g/mol. The molecule has 0 amide bonds. The van der Waals surface area contributed by atoms with Crippen molar-refractivity contribution in [1.82, 2.24) is 0 Å². The number of hydrogen-bond acceptors (Lipinski definition) is 4. The average Bonchev–Trinajstić information content (AvgIpc) is 2.76. The van der Waals surface area contributed by atoms with Crippen LogP contribution in [0.4, 0.5) is 0 Å². The van der Waals surface area contributed by atoms with E-state index in [0.717, 1.165) is 22.3 Å². The second-order valence-electron chi connectivity index (χ2n) is 6.51. The van der Waals surface area contributed by atoms with E-state index in [4.69, 9.17) is 0 Å². The van der Waals surface area contributed by atoms with Crippen LogP contribution in [0.25, 0.3) is 0 Å². The first-order valence-electron chi connectivity index (χ1n) is 9.28. The lowest BCUT2D eigenvalue weighted by Crippen LogP contribution is -2.01. The predicted molar refractivity (Wildman–Crippen MR) is 114 cm³/mol. The zero-order valence-electron chi connectivity index (χ0n) is 15.6. The molecule has 0 heterocycles. The van der Waals surface area contributed by atoms with Crippen LogP contribution in [0.1, 0.15) is 34.5 Å². The minimum atomic E-state index is -0.597. The molecule has 4 nitrogen and oxygen atoms in total. The maximum Gasteiger partial charge on any atom is 0.0985 e. The lowest BCUT2D eigenvalue weighted by molar-refractivity contribution is 0.187. The van der Waals surface area contributed by atoms with Crippen LogP contribution in [0.15, 0.2) is 94.9 Å². The van der Waals surface area contributed by atoms with Gasteiger partial charge in [-0.3, -0.25) is 9.98 Å². The van der Waals surface area contributed by atoms with Gasteiger partial charge in [-0.2, -0.15) is 0 Å². The molecule has 0 aliphatic carbocycles. The second-order valence-corrected chi connectivity index (χ2v) is 6.51. The summed E-state index contributed by atoms with van der Waals surface area (Å²) >= 11 is 0. The molecular formula is C24H24N2O2. The molecule has 0 unspecified atom stereocenters. The van der Waals surface area contributed by atoms with E-state index in [-0.39, 0.29) is 0 Å². The van der Waals surface area contributed by atoms with Crippen molar-refractivity contribution in [3.05, 3.63) is 107 Å². The Bertz CT molecular complexity index is 814. The molecule has 0 saturated heterocycles. The van der Waals surface area contributed by atoms with E-state index in [0.29, 0.717) is 13.1 Å². The van der Waals surface area contributed by atoms with Crippen molar-refractivity contribution in [2.24, 2.45) is 9.98 Å². The number of aliphatic hydroxyl groups excluding tert-OH is 2. The number of aliphatic imine (C=N–C) groups is 2. The molecule has 0 radical (unpaired) electrons. The highest BCUT2D eigenvalue weighted by Crippen LogP contribution is 2.13. The molecule has 0 fully saturated rings. The van der Waals surface area contributed by atoms with Crippen LogP contribution >= 0.6 is 0 Å². The Morgan fingerprint density at radius 1 is 0.571 bits per heavy atom. The molecule has 0 spiro atoms. The molecule has 3 aromatic rings. The highest BCUT2D eigenvalue weighted by molar-refractivity contribution is 5.84. The smallest absolute Gasteiger partial charge is 0.0985 e. The standard InChI is InChI=1S/C24H24N2O2/c27-23(21-7-3-1-4-8-21)17-25-15-19-11-13-20(14-12-19)16-26-18-24(28)22-9-5-2-6-10-22/h1-16,23-24,27-28H,17-18H2/t23-,24-/m1/s1. The zero-order chi connectivity index (χ0) is 19.6. The first-order chi connectivity index (χ1) is 13.7. The third-order valence-corrected chi connectivity index (χ3v) is 4.34. The minimum Gasteiger partial charge on any atom is -0.386 e. The normalized spacial score (nSPS) is 13.8. The summed E-state index contributed by atoms with van der Waals surface area (Å²) in [7, 11) is 0. The van der Waals surface area contributed by atoms with E-state index in [1.54, 1.807) is 12.4 Å². The van der Waals surface area contributed by atoms with Crippen molar-refractivity contribution >= 4 is 12.4 Å². The van der Waals surface area contributed by atoms with Crippen molar-refractivity contribution < 1.29 is 10.2 Å². The topological polar surface area (TPSA) is 65.2 Å². The van der Waals surface area contributed by atoms with Gasteiger partial charge in [-0.25, -0.2) is 0 Å². The molecule has 142 valence electrons. The molecule has 0 aromatic heterocycles. The summed E-state index contributed by atoms with van der Waals surface area (Å²) in [5, 5.41) is 20.2. The summed E-state index contributed by atoms with van der Waals surface area (Å²) in [6.07, 6.45) is 2.32. The first kappa shape index (κ1) is 19.7. The largest absolute Gasteiger partial charge is 0.386 e. The molecule has 28 heavy (non-hydrogen) atoms. The van der Waals surface area contributed by atoms with Crippen molar-refractivity contribution in [2.45, 2.75) is 12.2 Å². The maximum atomic E-state index is 10.1. The van der Waals surface area contributed by atoms with Crippen molar-refractivity contribution in [3.63, 3.8) is 0 Å². The zero-order valence-corrected chi connectivity index (χ0v) is 15.6. The molecule has 0 aliphatic rings. The van der Waals surface area contributed by atoms with Gasteiger partial charge in [-0.1, -0.05) is 84.9 Å². The van der Waals surface area contributed by atoms with Gasteiger partial charge < -0.3 is 10.2 Å². The quantitative estimate of drug-likeness (QED) is 0.587. The summed E-state index contributed by atoms with van der Waals surface area (Å²) in [5.74, 6) is 0. The van der Waals surface area contributed by atoms with Gasteiger partial charge >= 0.3 is 0 Å². The number of hydrogen-bond donors (Lipinski definition) is 2. The molecule has 4 heteroatoms. The van der Waals surface area contributed by atoms with Gasteiger partial charge in [0.15, 0.2) is 0 Å². The summed E-state index contributed by atoms with van der Waals surface area (Å²) in [5.41, 5.74) is 3.65. The highest BCUT2D eigenvalue weighted by Gasteiger charge is 2.05. The second kappa shape index (κ2) is 10.3. The summed E-state index contributed by atoms with van der Waals surface area (Å²) in [4.78, 5) is 8.65. The van der Waals surface area contributed by atoms with Crippen LogP contribution in [0.3, 0.4) is 0 Å². The Labute approximate surface area is 165 Å². The van der Waals surface area contributed by atoms with Crippen molar-refractivity contribution in [3.8, 4) is 0 Å².